The van der Waals surface area contributed by atoms with Crippen molar-refractivity contribution >= 4 is 11.6 Å². The first-order valence-corrected chi connectivity index (χ1v) is 5.55. The van der Waals surface area contributed by atoms with Crippen molar-refractivity contribution in [2.45, 2.75) is 19.4 Å². The summed E-state index contributed by atoms with van der Waals surface area (Å²) in [5.41, 5.74) is 6.92. The smallest absolute Gasteiger partial charge is 0.141 e. The molecule has 0 aliphatic heterocycles. The first kappa shape index (κ1) is 12.1. The third-order valence-corrected chi connectivity index (χ3v) is 2.71. The van der Waals surface area contributed by atoms with E-state index in [2.05, 4.69) is 9.97 Å². The van der Waals surface area contributed by atoms with Gasteiger partial charge in [0.15, 0.2) is 0 Å². The summed E-state index contributed by atoms with van der Waals surface area (Å²) in [5, 5.41) is 0.0886. The number of halogens is 2. The molecule has 1 aromatic heterocycles. The van der Waals surface area contributed by atoms with Crippen LogP contribution < -0.4 is 5.73 Å². The SMILES string of the molecule is CC(C)(N)c1ncc(-c2ccc(F)c(Cl)c2)[nH]1. The number of H-pyrrole nitrogens is 1. The van der Waals surface area contributed by atoms with Crippen molar-refractivity contribution < 1.29 is 4.39 Å². The summed E-state index contributed by atoms with van der Waals surface area (Å²) in [6, 6.07) is 4.52. The molecular weight excluding hydrogens is 241 g/mol. The summed E-state index contributed by atoms with van der Waals surface area (Å²) >= 11 is 5.73. The number of hydrogen-bond donors (Lipinski definition) is 2. The Kier molecular flexibility index (Phi) is 2.93. The zero-order valence-electron chi connectivity index (χ0n) is 9.59. The molecule has 5 heteroatoms. The number of aromatic amines is 1. The standard InChI is InChI=1S/C12H13ClFN3/c1-12(2,15)11-16-6-10(17-11)7-3-4-9(14)8(13)5-7/h3-6H,15H2,1-2H3,(H,16,17). The van der Waals surface area contributed by atoms with E-state index in [4.69, 9.17) is 17.3 Å². The lowest BCUT2D eigenvalue weighted by molar-refractivity contribution is 0.520. The van der Waals surface area contributed by atoms with Crippen molar-refractivity contribution in [3.8, 4) is 11.3 Å². The average Bonchev–Trinajstić information content (AvgIpc) is 2.70. The molecule has 0 saturated heterocycles. The molecule has 0 aliphatic carbocycles. The van der Waals surface area contributed by atoms with Crippen LogP contribution in [0.4, 0.5) is 4.39 Å². The summed E-state index contributed by atoms with van der Waals surface area (Å²) in [6.45, 7) is 3.71. The molecule has 0 radical (unpaired) electrons. The summed E-state index contributed by atoms with van der Waals surface area (Å²) in [4.78, 5) is 7.30. The Balaban J connectivity index is 2.40. The molecule has 0 fully saturated rings. The van der Waals surface area contributed by atoms with Crippen molar-refractivity contribution in [1.82, 2.24) is 9.97 Å². The van der Waals surface area contributed by atoms with Crippen molar-refractivity contribution in [2.75, 3.05) is 0 Å². The van der Waals surface area contributed by atoms with Crippen LogP contribution >= 0.6 is 11.6 Å². The monoisotopic (exact) mass is 253 g/mol. The van der Waals surface area contributed by atoms with E-state index in [1.54, 1.807) is 18.3 Å². The fraction of sp³-hybridized carbons (Fsp3) is 0.250. The number of nitrogens with one attached hydrogen (secondary N) is 1. The summed E-state index contributed by atoms with van der Waals surface area (Å²) in [5.74, 6) is 0.238. The van der Waals surface area contributed by atoms with Gasteiger partial charge in [0.2, 0.25) is 0 Å². The third kappa shape index (κ3) is 2.48. The molecule has 0 atom stereocenters. The Bertz CT molecular complexity index is 543. The van der Waals surface area contributed by atoms with Gasteiger partial charge in [-0.15, -0.1) is 0 Å². The molecule has 1 aromatic carbocycles. The fourth-order valence-corrected chi connectivity index (χ4v) is 1.64. The predicted molar refractivity (Wildman–Crippen MR) is 66.2 cm³/mol. The van der Waals surface area contributed by atoms with Crippen LogP contribution in [0, 0.1) is 5.82 Å². The summed E-state index contributed by atoms with van der Waals surface area (Å²) in [7, 11) is 0. The number of aromatic nitrogens is 2. The van der Waals surface area contributed by atoms with E-state index >= 15 is 0 Å². The van der Waals surface area contributed by atoms with Gasteiger partial charge in [-0.3, -0.25) is 0 Å². The molecule has 2 rings (SSSR count). The molecule has 90 valence electrons. The van der Waals surface area contributed by atoms with Gasteiger partial charge in [0.1, 0.15) is 11.6 Å². The van der Waals surface area contributed by atoms with Gasteiger partial charge >= 0.3 is 0 Å². The van der Waals surface area contributed by atoms with Crippen molar-refractivity contribution in [3.05, 3.63) is 41.1 Å². The van der Waals surface area contributed by atoms with Crippen LogP contribution in [0.25, 0.3) is 11.3 Å². The van der Waals surface area contributed by atoms with Crippen molar-refractivity contribution in [2.24, 2.45) is 5.73 Å². The maximum absolute atomic E-state index is 13.0. The second-order valence-corrected chi connectivity index (χ2v) is 4.90. The molecule has 0 amide bonds. The van der Waals surface area contributed by atoms with Crippen LogP contribution in [0.5, 0.6) is 0 Å². The van der Waals surface area contributed by atoms with Crippen LogP contribution in [0.3, 0.4) is 0 Å². The summed E-state index contributed by atoms with van der Waals surface area (Å²) in [6.07, 6.45) is 1.66. The van der Waals surface area contributed by atoms with Crippen LogP contribution in [0.1, 0.15) is 19.7 Å². The molecule has 0 aliphatic rings. The molecule has 1 heterocycles. The van der Waals surface area contributed by atoms with Gasteiger partial charge in [-0.05, 0) is 32.0 Å². The Labute approximate surface area is 104 Å². The normalized spacial score (nSPS) is 11.8. The fourth-order valence-electron chi connectivity index (χ4n) is 1.46. The van der Waals surface area contributed by atoms with Gasteiger partial charge in [-0.2, -0.15) is 0 Å². The maximum Gasteiger partial charge on any atom is 0.141 e. The molecule has 17 heavy (non-hydrogen) atoms. The van der Waals surface area contributed by atoms with Gasteiger partial charge in [-0.25, -0.2) is 9.37 Å². The zero-order valence-corrected chi connectivity index (χ0v) is 10.3. The molecule has 0 saturated carbocycles. The highest BCUT2D eigenvalue weighted by atomic mass is 35.5. The highest BCUT2D eigenvalue weighted by molar-refractivity contribution is 6.31. The van der Waals surface area contributed by atoms with Crippen LogP contribution in [-0.2, 0) is 5.54 Å². The van der Waals surface area contributed by atoms with Crippen LogP contribution in [0.2, 0.25) is 5.02 Å². The van der Waals surface area contributed by atoms with Crippen molar-refractivity contribution in [1.29, 1.82) is 0 Å². The molecule has 0 bridgehead atoms. The number of benzene rings is 1. The average molecular weight is 254 g/mol. The lowest BCUT2D eigenvalue weighted by atomic mass is 10.1. The third-order valence-electron chi connectivity index (χ3n) is 2.42. The van der Waals surface area contributed by atoms with Crippen molar-refractivity contribution in [3.63, 3.8) is 0 Å². The summed E-state index contributed by atoms with van der Waals surface area (Å²) < 4.78 is 13.0. The minimum Gasteiger partial charge on any atom is -0.340 e. The first-order chi connectivity index (χ1) is 7.88. The molecule has 3 N–H and O–H groups in total. The molecular formula is C12H13ClFN3. The predicted octanol–water partition coefficient (Wildman–Crippen LogP) is 3.06. The Morgan fingerprint density at radius 3 is 2.65 bits per heavy atom. The van der Waals surface area contributed by atoms with Crippen LogP contribution in [0.15, 0.2) is 24.4 Å². The molecule has 0 spiro atoms. The highest BCUT2D eigenvalue weighted by Crippen LogP contribution is 2.25. The molecule has 2 aromatic rings. The zero-order chi connectivity index (χ0) is 12.6. The van der Waals surface area contributed by atoms with E-state index in [9.17, 15) is 4.39 Å². The van der Waals surface area contributed by atoms with Gasteiger partial charge in [0.25, 0.3) is 0 Å². The lowest BCUT2D eigenvalue weighted by Gasteiger charge is -2.14. The van der Waals surface area contributed by atoms with E-state index in [-0.39, 0.29) is 5.02 Å². The topological polar surface area (TPSA) is 54.7 Å². The van der Waals surface area contributed by atoms with E-state index in [1.165, 1.54) is 6.07 Å². The largest absolute Gasteiger partial charge is 0.340 e. The minimum atomic E-state index is -0.540. The Morgan fingerprint density at radius 1 is 1.41 bits per heavy atom. The minimum absolute atomic E-state index is 0.0886. The highest BCUT2D eigenvalue weighted by Gasteiger charge is 2.18. The quantitative estimate of drug-likeness (QED) is 0.864. The van der Waals surface area contributed by atoms with E-state index < -0.39 is 11.4 Å². The van der Waals surface area contributed by atoms with Gasteiger partial charge in [0.05, 0.1) is 22.5 Å². The Hall–Kier alpha value is -1.39. The van der Waals surface area contributed by atoms with E-state index in [1.807, 2.05) is 13.8 Å². The first-order valence-electron chi connectivity index (χ1n) is 5.18. The molecule has 0 unspecified atom stereocenters. The van der Waals surface area contributed by atoms with Crippen LogP contribution in [-0.4, -0.2) is 9.97 Å². The second-order valence-electron chi connectivity index (χ2n) is 4.50. The second kappa shape index (κ2) is 4.13. The Morgan fingerprint density at radius 2 is 2.12 bits per heavy atom. The number of nitrogens with zero attached hydrogens (tertiary/aromatic N) is 1. The van der Waals surface area contributed by atoms with Gasteiger partial charge in [0, 0.05) is 5.56 Å². The van der Waals surface area contributed by atoms with E-state index in [0.717, 1.165) is 11.3 Å². The van der Waals surface area contributed by atoms with Gasteiger partial charge in [-0.1, -0.05) is 11.6 Å². The number of imidazole rings is 1. The number of nitrogens with two attached hydrogens (primary N) is 1. The maximum atomic E-state index is 13.0. The molecule has 3 nitrogen and oxygen atoms in total. The number of rotatable bonds is 2. The van der Waals surface area contributed by atoms with Gasteiger partial charge < -0.3 is 10.7 Å². The van der Waals surface area contributed by atoms with E-state index in [0.29, 0.717) is 5.82 Å². The lowest BCUT2D eigenvalue weighted by Crippen LogP contribution is -2.30. The number of hydrogen-bond acceptors (Lipinski definition) is 2.